The van der Waals surface area contributed by atoms with Gasteiger partial charge in [0.2, 0.25) is 0 Å². The Balaban J connectivity index is 1.10. The summed E-state index contributed by atoms with van der Waals surface area (Å²) in [4.78, 5) is 0. The average molecular weight is 479 g/mol. The van der Waals surface area contributed by atoms with Crippen LogP contribution < -0.4 is 9.47 Å². The van der Waals surface area contributed by atoms with E-state index < -0.39 is 0 Å². The summed E-state index contributed by atoms with van der Waals surface area (Å²) in [6, 6.07) is 14.7. The number of hydrogen-bond acceptors (Lipinski definition) is 8. The Morgan fingerprint density at radius 3 is 1.43 bits per heavy atom. The van der Waals surface area contributed by atoms with Crippen molar-refractivity contribution in [2.24, 2.45) is 0 Å². The van der Waals surface area contributed by atoms with Gasteiger partial charge in [0.15, 0.2) is 0 Å². The molecule has 0 fully saturated rings. The lowest BCUT2D eigenvalue weighted by molar-refractivity contribution is 0.280. The number of aliphatic hydroxyl groups excluding tert-OH is 2. The van der Waals surface area contributed by atoms with Crippen molar-refractivity contribution in [3.63, 3.8) is 0 Å². The molecule has 184 valence electrons. The summed E-state index contributed by atoms with van der Waals surface area (Å²) in [5, 5.41) is 34.9. The van der Waals surface area contributed by atoms with Gasteiger partial charge in [-0.25, -0.2) is 0 Å². The van der Waals surface area contributed by atoms with E-state index in [4.69, 9.17) is 19.7 Å². The van der Waals surface area contributed by atoms with Crippen LogP contribution in [0.3, 0.4) is 0 Å². The number of aliphatic hydroxyl groups is 2. The van der Waals surface area contributed by atoms with E-state index in [1.165, 1.54) is 0 Å². The Labute approximate surface area is 203 Å². The SMILES string of the molecule is OCc1ccc(OCc2cn(CCCCCn3cc(COc4ccc(CO)cc4)nn3)nn2)cc1. The molecule has 4 aromatic rings. The van der Waals surface area contributed by atoms with E-state index in [9.17, 15) is 0 Å². The summed E-state index contributed by atoms with van der Waals surface area (Å²) in [7, 11) is 0. The van der Waals surface area contributed by atoms with Gasteiger partial charge in [0.25, 0.3) is 0 Å². The highest BCUT2D eigenvalue weighted by atomic mass is 16.5. The number of hydrogen-bond donors (Lipinski definition) is 2. The van der Waals surface area contributed by atoms with Crippen LogP contribution in [0.15, 0.2) is 60.9 Å². The number of ether oxygens (including phenoxy) is 2. The van der Waals surface area contributed by atoms with Gasteiger partial charge in [-0.15, -0.1) is 10.2 Å². The zero-order valence-corrected chi connectivity index (χ0v) is 19.5. The van der Waals surface area contributed by atoms with Gasteiger partial charge in [-0.05, 0) is 54.7 Å². The molecule has 0 radical (unpaired) electrons. The maximum atomic E-state index is 9.09. The van der Waals surface area contributed by atoms with E-state index in [1.807, 2.05) is 70.3 Å². The summed E-state index contributed by atoms with van der Waals surface area (Å²) >= 11 is 0. The van der Waals surface area contributed by atoms with Crippen molar-refractivity contribution in [2.75, 3.05) is 0 Å². The number of nitrogens with zero attached hydrogens (tertiary/aromatic N) is 6. The van der Waals surface area contributed by atoms with Gasteiger partial charge in [0.1, 0.15) is 36.1 Å². The fourth-order valence-corrected chi connectivity index (χ4v) is 3.45. The average Bonchev–Trinajstić information content (AvgIpc) is 3.56. The predicted octanol–water partition coefficient (Wildman–Crippen LogP) is 2.88. The topological polar surface area (TPSA) is 120 Å². The van der Waals surface area contributed by atoms with Gasteiger partial charge < -0.3 is 19.7 Å². The molecule has 2 aromatic heterocycles. The van der Waals surface area contributed by atoms with Crippen molar-refractivity contribution in [3.8, 4) is 11.5 Å². The lowest BCUT2D eigenvalue weighted by atomic mass is 10.2. The van der Waals surface area contributed by atoms with Crippen molar-refractivity contribution in [2.45, 2.75) is 58.8 Å². The predicted molar refractivity (Wildman–Crippen MR) is 127 cm³/mol. The third kappa shape index (κ3) is 7.62. The van der Waals surface area contributed by atoms with E-state index in [-0.39, 0.29) is 13.2 Å². The van der Waals surface area contributed by atoms with Crippen molar-refractivity contribution in [1.82, 2.24) is 30.0 Å². The number of aryl methyl sites for hydroxylation is 2. The van der Waals surface area contributed by atoms with Gasteiger partial charge in [-0.2, -0.15) is 0 Å². The Morgan fingerprint density at radius 1 is 0.600 bits per heavy atom. The summed E-state index contributed by atoms with van der Waals surface area (Å²) in [5.74, 6) is 1.47. The maximum absolute atomic E-state index is 9.09. The highest BCUT2D eigenvalue weighted by Gasteiger charge is 2.05. The fourth-order valence-electron chi connectivity index (χ4n) is 3.45. The Morgan fingerprint density at radius 2 is 1.03 bits per heavy atom. The normalized spacial score (nSPS) is 11.0. The van der Waals surface area contributed by atoms with Crippen molar-refractivity contribution in [1.29, 1.82) is 0 Å². The summed E-state index contributed by atoms with van der Waals surface area (Å²) in [5.41, 5.74) is 3.25. The third-order valence-corrected chi connectivity index (χ3v) is 5.43. The van der Waals surface area contributed by atoms with Gasteiger partial charge in [0, 0.05) is 13.1 Å². The van der Waals surface area contributed by atoms with Gasteiger partial charge in [-0.1, -0.05) is 34.7 Å². The smallest absolute Gasteiger partial charge is 0.134 e. The number of benzene rings is 2. The number of rotatable bonds is 14. The van der Waals surface area contributed by atoms with Crippen LogP contribution in [0.25, 0.3) is 0 Å². The van der Waals surface area contributed by atoms with Gasteiger partial charge in [0.05, 0.1) is 25.6 Å². The highest BCUT2D eigenvalue weighted by Crippen LogP contribution is 2.15. The molecule has 0 spiro atoms. The standard InChI is InChI=1S/C25H30N6O4/c32-16-20-4-8-24(9-5-20)34-18-22-14-30(28-26-22)12-2-1-3-13-31-15-23(27-29-31)19-35-25-10-6-21(17-33)7-11-25/h4-11,14-15,32-33H,1-3,12-13,16-19H2. The molecule has 0 bridgehead atoms. The molecule has 35 heavy (non-hydrogen) atoms. The van der Waals surface area contributed by atoms with Crippen molar-refractivity contribution >= 4 is 0 Å². The molecule has 0 unspecified atom stereocenters. The first-order chi connectivity index (χ1) is 17.2. The van der Waals surface area contributed by atoms with Gasteiger partial charge in [-0.3, -0.25) is 9.36 Å². The van der Waals surface area contributed by atoms with E-state index >= 15 is 0 Å². The summed E-state index contributed by atoms with van der Waals surface area (Å²) in [6.07, 6.45) is 6.82. The second-order valence-corrected chi connectivity index (χ2v) is 8.19. The second-order valence-electron chi connectivity index (χ2n) is 8.19. The molecular weight excluding hydrogens is 448 g/mol. The van der Waals surface area contributed by atoms with E-state index in [0.29, 0.717) is 13.2 Å². The summed E-state index contributed by atoms with van der Waals surface area (Å²) < 4.78 is 15.1. The monoisotopic (exact) mass is 478 g/mol. The Hall–Kier alpha value is -3.76. The van der Waals surface area contributed by atoms with Crippen LogP contribution >= 0.6 is 0 Å². The molecule has 2 heterocycles. The largest absolute Gasteiger partial charge is 0.487 e. The first-order valence-electron chi connectivity index (χ1n) is 11.6. The first-order valence-corrected chi connectivity index (χ1v) is 11.6. The molecule has 0 saturated heterocycles. The van der Waals surface area contributed by atoms with E-state index in [0.717, 1.165) is 66.4 Å². The van der Waals surface area contributed by atoms with Crippen LogP contribution in [0.4, 0.5) is 0 Å². The van der Waals surface area contributed by atoms with E-state index in [1.54, 1.807) is 0 Å². The molecule has 0 saturated carbocycles. The summed E-state index contributed by atoms with van der Waals surface area (Å²) in [6.45, 7) is 2.33. The Kier molecular flexibility index (Phi) is 8.79. The lowest BCUT2D eigenvalue weighted by Crippen LogP contribution is -2.02. The quantitative estimate of drug-likeness (QED) is 0.266. The Bertz CT molecular complexity index is 1070. The fraction of sp³-hybridized carbons (Fsp3) is 0.360. The zero-order chi connectivity index (χ0) is 24.3. The van der Waals surface area contributed by atoms with Crippen LogP contribution in [0, 0.1) is 0 Å². The first kappa shape index (κ1) is 24.4. The molecule has 0 amide bonds. The van der Waals surface area contributed by atoms with E-state index in [2.05, 4.69) is 20.6 Å². The minimum Gasteiger partial charge on any atom is -0.487 e. The molecule has 0 aliphatic carbocycles. The van der Waals surface area contributed by atoms with Crippen LogP contribution in [-0.4, -0.2) is 40.2 Å². The molecular formula is C25H30N6O4. The molecule has 0 aliphatic rings. The van der Waals surface area contributed by atoms with Crippen LogP contribution in [0.5, 0.6) is 11.5 Å². The van der Waals surface area contributed by atoms with Crippen LogP contribution in [0.2, 0.25) is 0 Å². The molecule has 10 nitrogen and oxygen atoms in total. The number of unbranched alkanes of at least 4 members (excludes halogenated alkanes) is 2. The number of aromatic nitrogens is 6. The van der Waals surface area contributed by atoms with Crippen molar-refractivity contribution < 1.29 is 19.7 Å². The molecule has 0 aliphatic heterocycles. The van der Waals surface area contributed by atoms with Crippen LogP contribution in [0.1, 0.15) is 41.8 Å². The van der Waals surface area contributed by atoms with Gasteiger partial charge >= 0.3 is 0 Å². The highest BCUT2D eigenvalue weighted by molar-refractivity contribution is 5.27. The minimum absolute atomic E-state index is 0.0199. The molecule has 0 atom stereocenters. The molecule has 4 rings (SSSR count). The minimum atomic E-state index is 0.0199. The molecule has 10 heteroatoms. The van der Waals surface area contributed by atoms with Crippen molar-refractivity contribution in [3.05, 3.63) is 83.4 Å². The second kappa shape index (κ2) is 12.6. The molecule has 2 N–H and O–H groups in total. The third-order valence-electron chi connectivity index (χ3n) is 5.43. The zero-order valence-electron chi connectivity index (χ0n) is 19.5. The maximum Gasteiger partial charge on any atom is 0.134 e. The lowest BCUT2D eigenvalue weighted by Gasteiger charge is -2.04. The molecule has 2 aromatic carbocycles. The van der Waals surface area contributed by atoms with Crippen LogP contribution in [-0.2, 0) is 39.5 Å².